The van der Waals surface area contributed by atoms with Gasteiger partial charge in [-0.05, 0) is 50.1 Å². The predicted molar refractivity (Wildman–Crippen MR) is 82.6 cm³/mol. The Hall–Kier alpha value is -0.830. The third kappa shape index (κ3) is 3.63. The minimum absolute atomic E-state index is 0.669. The highest BCUT2D eigenvalue weighted by molar-refractivity contribution is 5.00. The van der Waals surface area contributed by atoms with E-state index in [4.69, 9.17) is 5.10 Å². The smallest absolute Gasteiger partial charge is 0.0762 e. The molecular weight excluding hydrogens is 246 g/mol. The van der Waals surface area contributed by atoms with E-state index in [1.165, 1.54) is 63.6 Å². The van der Waals surface area contributed by atoms with E-state index >= 15 is 0 Å². The summed E-state index contributed by atoms with van der Waals surface area (Å²) in [5.74, 6) is 1.81. The second-order valence-electron chi connectivity index (χ2n) is 6.99. The van der Waals surface area contributed by atoms with Crippen LogP contribution in [0, 0.1) is 11.8 Å². The molecule has 0 bridgehead atoms. The molecule has 112 valence electrons. The van der Waals surface area contributed by atoms with Crippen LogP contribution in [-0.2, 0) is 6.54 Å². The third-order valence-corrected chi connectivity index (χ3v) is 5.15. The summed E-state index contributed by atoms with van der Waals surface area (Å²) in [5, 5.41) is 8.36. The van der Waals surface area contributed by atoms with Crippen molar-refractivity contribution in [1.82, 2.24) is 15.1 Å². The molecule has 1 heterocycles. The van der Waals surface area contributed by atoms with Crippen LogP contribution < -0.4 is 5.32 Å². The summed E-state index contributed by atoms with van der Waals surface area (Å²) >= 11 is 0. The highest BCUT2D eigenvalue weighted by Gasteiger charge is 2.19. The minimum Gasteiger partial charge on any atom is -0.311 e. The molecule has 1 aromatic heterocycles. The van der Waals surface area contributed by atoms with Gasteiger partial charge >= 0.3 is 0 Å². The van der Waals surface area contributed by atoms with Crippen LogP contribution >= 0.6 is 0 Å². The molecule has 0 saturated heterocycles. The lowest BCUT2D eigenvalue weighted by Gasteiger charge is -2.26. The number of rotatable bonds is 5. The maximum absolute atomic E-state index is 4.74. The van der Waals surface area contributed by atoms with Crippen LogP contribution in [-0.4, -0.2) is 16.3 Å². The van der Waals surface area contributed by atoms with Crippen molar-refractivity contribution in [2.24, 2.45) is 11.8 Å². The van der Waals surface area contributed by atoms with Gasteiger partial charge in [0.2, 0.25) is 0 Å². The average Bonchev–Trinajstić information content (AvgIpc) is 3.09. The van der Waals surface area contributed by atoms with Gasteiger partial charge in [-0.1, -0.05) is 32.6 Å². The number of hydrogen-bond donors (Lipinski definition) is 1. The van der Waals surface area contributed by atoms with Gasteiger partial charge in [0.05, 0.1) is 11.7 Å². The Kier molecular flexibility index (Phi) is 4.77. The van der Waals surface area contributed by atoms with Crippen LogP contribution in [0.25, 0.3) is 0 Å². The molecule has 3 rings (SSSR count). The van der Waals surface area contributed by atoms with Crippen molar-refractivity contribution in [2.45, 2.75) is 70.9 Å². The van der Waals surface area contributed by atoms with Crippen LogP contribution in [0.15, 0.2) is 12.3 Å². The van der Waals surface area contributed by atoms with Crippen molar-refractivity contribution in [1.29, 1.82) is 0 Å². The lowest BCUT2D eigenvalue weighted by Crippen LogP contribution is -2.26. The zero-order chi connectivity index (χ0) is 13.8. The Morgan fingerprint density at radius 3 is 2.85 bits per heavy atom. The molecule has 2 aliphatic carbocycles. The molecule has 2 saturated carbocycles. The molecule has 1 aromatic rings. The highest BCUT2D eigenvalue weighted by atomic mass is 15.3. The first-order valence-corrected chi connectivity index (χ1v) is 8.56. The summed E-state index contributed by atoms with van der Waals surface area (Å²) in [5.41, 5.74) is 1.21. The van der Waals surface area contributed by atoms with Gasteiger partial charge in [0.15, 0.2) is 0 Å². The van der Waals surface area contributed by atoms with Gasteiger partial charge in [0.1, 0.15) is 0 Å². The van der Waals surface area contributed by atoms with E-state index in [0.29, 0.717) is 6.04 Å². The van der Waals surface area contributed by atoms with Gasteiger partial charge < -0.3 is 5.32 Å². The molecule has 2 fully saturated rings. The maximum atomic E-state index is 4.74. The number of hydrogen-bond acceptors (Lipinski definition) is 2. The summed E-state index contributed by atoms with van der Waals surface area (Å²) in [6.07, 6.45) is 13.2. The van der Waals surface area contributed by atoms with Crippen molar-refractivity contribution >= 4 is 0 Å². The SMILES string of the molecule is CC1CCCC(CNCc2ccn(C3CCCC3)n2)C1. The van der Waals surface area contributed by atoms with E-state index in [9.17, 15) is 0 Å². The highest BCUT2D eigenvalue weighted by Crippen LogP contribution is 2.29. The van der Waals surface area contributed by atoms with E-state index in [-0.39, 0.29) is 0 Å². The van der Waals surface area contributed by atoms with Gasteiger partial charge in [-0.15, -0.1) is 0 Å². The van der Waals surface area contributed by atoms with Crippen molar-refractivity contribution in [2.75, 3.05) is 6.54 Å². The zero-order valence-corrected chi connectivity index (χ0v) is 12.9. The van der Waals surface area contributed by atoms with Crippen LogP contribution in [0.3, 0.4) is 0 Å². The topological polar surface area (TPSA) is 29.9 Å². The second-order valence-corrected chi connectivity index (χ2v) is 6.99. The Labute approximate surface area is 123 Å². The van der Waals surface area contributed by atoms with Crippen LogP contribution in [0.4, 0.5) is 0 Å². The first-order valence-electron chi connectivity index (χ1n) is 8.56. The predicted octanol–water partition coefficient (Wildman–Crippen LogP) is 3.91. The molecule has 2 aliphatic rings. The molecule has 0 aliphatic heterocycles. The Morgan fingerprint density at radius 1 is 1.20 bits per heavy atom. The lowest BCUT2D eigenvalue weighted by atomic mass is 9.82. The van der Waals surface area contributed by atoms with Crippen molar-refractivity contribution in [3.63, 3.8) is 0 Å². The summed E-state index contributed by atoms with van der Waals surface area (Å²) < 4.78 is 2.20. The van der Waals surface area contributed by atoms with E-state index in [1.54, 1.807) is 0 Å². The lowest BCUT2D eigenvalue weighted by molar-refractivity contribution is 0.273. The fourth-order valence-electron chi connectivity index (χ4n) is 3.99. The Morgan fingerprint density at radius 2 is 2.05 bits per heavy atom. The first kappa shape index (κ1) is 14.1. The Bertz CT molecular complexity index is 406. The van der Waals surface area contributed by atoms with Gasteiger partial charge in [-0.2, -0.15) is 5.10 Å². The first-order chi connectivity index (χ1) is 9.81. The molecule has 3 nitrogen and oxygen atoms in total. The molecular formula is C17H29N3. The second kappa shape index (κ2) is 6.75. The molecule has 0 amide bonds. The normalized spacial score (nSPS) is 28.1. The molecule has 3 heteroatoms. The Balaban J connectivity index is 1.42. The third-order valence-electron chi connectivity index (χ3n) is 5.15. The van der Waals surface area contributed by atoms with E-state index < -0.39 is 0 Å². The molecule has 0 aromatic carbocycles. The molecule has 1 N–H and O–H groups in total. The van der Waals surface area contributed by atoms with Crippen LogP contribution in [0.2, 0.25) is 0 Å². The van der Waals surface area contributed by atoms with Gasteiger partial charge in [-0.25, -0.2) is 0 Å². The minimum atomic E-state index is 0.669. The molecule has 2 unspecified atom stereocenters. The number of nitrogens with zero attached hydrogens (tertiary/aromatic N) is 2. The molecule has 2 atom stereocenters. The quantitative estimate of drug-likeness (QED) is 0.883. The van der Waals surface area contributed by atoms with Crippen LogP contribution in [0.1, 0.15) is 70.0 Å². The molecule has 0 radical (unpaired) electrons. The largest absolute Gasteiger partial charge is 0.311 e. The van der Waals surface area contributed by atoms with Gasteiger partial charge in [-0.3, -0.25) is 4.68 Å². The van der Waals surface area contributed by atoms with Crippen molar-refractivity contribution < 1.29 is 0 Å². The average molecular weight is 275 g/mol. The standard InChI is InChI=1S/C17H29N3/c1-14-5-4-6-15(11-14)12-18-13-16-9-10-20(19-16)17-7-2-3-8-17/h9-10,14-15,17-18H,2-8,11-13H2,1H3. The van der Waals surface area contributed by atoms with E-state index in [0.717, 1.165) is 18.4 Å². The number of nitrogens with one attached hydrogen (secondary N) is 1. The fourth-order valence-corrected chi connectivity index (χ4v) is 3.99. The monoisotopic (exact) mass is 275 g/mol. The fraction of sp³-hybridized carbons (Fsp3) is 0.824. The summed E-state index contributed by atoms with van der Waals surface area (Å²) in [6, 6.07) is 2.86. The van der Waals surface area contributed by atoms with Crippen LogP contribution in [0.5, 0.6) is 0 Å². The number of aromatic nitrogens is 2. The molecule has 20 heavy (non-hydrogen) atoms. The van der Waals surface area contributed by atoms with E-state index in [1.807, 2.05) is 0 Å². The maximum Gasteiger partial charge on any atom is 0.0762 e. The molecule has 0 spiro atoms. The van der Waals surface area contributed by atoms with Gasteiger partial charge in [0, 0.05) is 12.7 Å². The van der Waals surface area contributed by atoms with Crippen molar-refractivity contribution in [3.05, 3.63) is 18.0 Å². The van der Waals surface area contributed by atoms with Crippen molar-refractivity contribution in [3.8, 4) is 0 Å². The van der Waals surface area contributed by atoms with E-state index in [2.05, 4.69) is 29.2 Å². The zero-order valence-electron chi connectivity index (χ0n) is 12.9. The summed E-state index contributed by atoms with van der Waals surface area (Å²) in [6.45, 7) is 4.50. The van der Waals surface area contributed by atoms with Gasteiger partial charge in [0.25, 0.3) is 0 Å². The summed E-state index contributed by atoms with van der Waals surface area (Å²) in [7, 11) is 0. The summed E-state index contributed by atoms with van der Waals surface area (Å²) in [4.78, 5) is 0.